The SMILES string of the molecule is COC(=O)CCCN(C)C(=O)C1CCCCC1. The summed E-state index contributed by atoms with van der Waals surface area (Å²) in [5.41, 5.74) is 0. The van der Waals surface area contributed by atoms with E-state index in [4.69, 9.17) is 0 Å². The van der Waals surface area contributed by atoms with Crippen molar-refractivity contribution < 1.29 is 14.3 Å². The number of carbonyl (C=O) groups excluding carboxylic acids is 2. The second-order valence-electron chi connectivity index (χ2n) is 4.77. The minimum Gasteiger partial charge on any atom is -0.469 e. The highest BCUT2D eigenvalue weighted by molar-refractivity contribution is 5.78. The van der Waals surface area contributed by atoms with Crippen LogP contribution in [-0.4, -0.2) is 37.5 Å². The summed E-state index contributed by atoms with van der Waals surface area (Å²) in [6.07, 6.45) is 6.73. The van der Waals surface area contributed by atoms with Crippen LogP contribution >= 0.6 is 0 Å². The summed E-state index contributed by atoms with van der Waals surface area (Å²) in [6.45, 7) is 0.643. The monoisotopic (exact) mass is 241 g/mol. The third-order valence-electron chi connectivity index (χ3n) is 3.43. The summed E-state index contributed by atoms with van der Waals surface area (Å²) in [4.78, 5) is 24.8. The first-order chi connectivity index (χ1) is 8.15. The molecule has 0 aliphatic heterocycles. The Morgan fingerprint density at radius 2 is 1.88 bits per heavy atom. The average Bonchev–Trinajstić information content (AvgIpc) is 2.38. The highest BCUT2D eigenvalue weighted by Gasteiger charge is 2.23. The third kappa shape index (κ3) is 4.75. The summed E-state index contributed by atoms with van der Waals surface area (Å²) >= 11 is 0. The Hall–Kier alpha value is -1.06. The van der Waals surface area contributed by atoms with E-state index in [0.29, 0.717) is 19.4 Å². The molecule has 1 fully saturated rings. The number of carbonyl (C=O) groups is 2. The molecule has 4 heteroatoms. The van der Waals surface area contributed by atoms with Gasteiger partial charge in [-0.25, -0.2) is 0 Å². The predicted molar refractivity (Wildman–Crippen MR) is 65.5 cm³/mol. The predicted octanol–water partition coefficient (Wildman–Crippen LogP) is 1.98. The zero-order valence-electron chi connectivity index (χ0n) is 10.9. The van der Waals surface area contributed by atoms with E-state index in [1.54, 1.807) is 4.90 Å². The zero-order valence-corrected chi connectivity index (χ0v) is 10.9. The summed E-state index contributed by atoms with van der Waals surface area (Å²) < 4.78 is 4.57. The zero-order chi connectivity index (χ0) is 12.7. The number of hydrogen-bond donors (Lipinski definition) is 0. The molecule has 1 aliphatic rings. The standard InChI is InChI=1S/C13H23NO3/c1-14(10-6-9-12(15)17-2)13(16)11-7-4-3-5-8-11/h11H,3-10H2,1-2H3. The van der Waals surface area contributed by atoms with Gasteiger partial charge in [-0.1, -0.05) is 19.3 Å². The van der Waals surface area contributed by atoms with Gasteiger partial charge in [0, 0.05) is 25.9 Å². The van der Waals surface area contributed by atoms with E-state index >= 15 is 0 Å². The summed E-state index contributed by atoms with van der Waals surface area (Å²) in [5.74, 6) is 0.255. The van der Waals surface area contributed by atoms with Crippen molar-refractivity contribution in [2.75, 3.05) is 20.7 Å². The van der Waals surface area contributed by atoms with Gasteiger partial charge in [0.15, 0.2) is 0 Å². The highest BCUT2D eigenvalue weighted by Crippen LogP contribution is 2.25. The van der Waals surface area contributed by atoms with E-state index in [9.17, 15) is 9.59 Å². The van der Waals surface area contributed by atoms with Crippen molar-refractivity contribution in [3.63, 3.8) is 0 Å². The number of hydrogen-bond acceptors (Lipinski definition) is 3. The molecule has 0 atom stereocenters. The molecule has 0 spiro atoms. The molecule has 1 amide bonds. The van der Waals surface area contributed by atoms with Crippen LogP contribution in [0.3, 0.4) is 0 Å². The van der Waals surface area contributed by atoms with Crippen molar-refractivity contribution in [3.05, 3.63) is 0 Å². The van der Waals surface area contributed by atoms with Gasteiger partial charge < -0.3 is 9.64 Å². The fraction of sp³-hybridized carbons (Fsp3) is 0.846. The van der Waals surface area contributed by atoms with E-state index in [0.717, 1.165) is 12.8 Å². The minimum atomic E-state index is -0.205. The molecule has 0 aromatic heterocycles. The molecule has 0 aromatic carbocycles. The quantitative estimate of drug-likeness (QED) is 0.691. The van der Waals surface area contributed by atoms with E-state index in [2.05, 4.69) is 4.74 Å². The van der Waals surface area contributed by atoms with E-state index in [1.807, 2.05) is 7.05 Å². The number of amides is 1. The van der Waals surface area contributed by atoms with Crippen molar-refractivity contribution in [2.45, 2.75) is 44.9 Å². The number of ether oxygens (including phenoxy) is 1. The first kappa shape index (κ1) is 14.0. The lowest BCUT2D eigenvalue weighted by atomic mass is 9.88. The van der Waals surface area contributed by atoms with Gasteiger partial charge in [0.2, 0.25) is 5.91 Å². The van der Waals surface area contributed by atoms with Crippen LogP contribution < -0.4 is 0 Å². The molecule has 17 heavy (non-hydrogen) atoms. The van der Waals surface area contributed by atoms with Gasteiger partial charge in [-0.05, 0) is 19.3 Å². The van der Waals surface area contributed by atoms with E-state index in [-0.39, 0.29) is 17.8 Å². The molecule has 1 aliphatic carbocycles. The summed E-state index contributed by atoms with van der Waals surface area (Å²) in [6, 6.07) is 0. The van der Waals surface area contributed by atoms with Gasteiger partial charge in [0.25, 0.3) is 0 Å². The highest BCUT2D eigenvalue weighted by atomic mass is 16.5. The van der Waals surface area contributed by atoms with Crippen LogP contribution in [0.2, 0.25) is 0 Å². The molecule has 0 bridgehead atoms. The molecule has 0 aromatic rings. The Bertz CT molecular complexity index is 259. The number of methoxy groups -OCH3 is 1. The second kappa shape index (κ2) is 7.30. The van der Waals surface area contributed by atoms with Crippen molar-refractivity contribution in [2.24, 2.45) is 5.92 Å². The fourth-order valence-electron chi connectivity index (χ4n) is 2.33. The molecule has 0 N–H and O–H groups in total. The topological polar surface area (TPSA) is 46.6 Å². The number of rotatable bonds is 5. The second-order valence-corrected chi connectivity index (χ2v) is 4.77. The van der Waals surface area contributed by atoms with Crippen molar-refractivity contribution in [1.29, 1.82) is 0 Å². The van der Waals surface area contributed by atoms with Crippen molar-refractivity contribution in [3.8, 4) is 0 Å². The molecule has 4 nitrogen and oxygen atoms in total. The largest absolute Gasteiger partial charge is 0.469 e. The Kier molecular flexibility index (Phi) is 6.01. The van der Waals surface area contributed by atoms with Crippen LogP contribution in [0.15, 0.2) is 0 Å². The fourth-order valence-corrected chi connectivity index (χ4v) is 2.33. The molecule has 1 saturated carbocycles. The van der Waals surface area contributed by atoms with E-state index in [1.165, 1.54) is 26.4 Å². The number of nitrogens with zero attached hydrogens (tertiary/aromatic N) is 1. The maximum atomic E-state index is 12.1. The minimum absolute atomic E-state index is 0.205. The summed E-state index contributed by atoms with van der Waals surface area (Å²) in [5, 5.41) is 0. The van der Waals surface area contributed by atoms with Gasteiger partial charge in [0.1, 0.15) is 0 Å². The molecule has 0 saturated heterocycles. The average molecular weight is 241 g/mol. The first-order valence-corrected chi connectivity index (χ1v) is 6.47. The van der Waals surface area contributed by atoms with Gasteiger partial charge in [-0.2, -0.15) is 0 Å². The van der Waals surface area contributed by atoms with Gasteiger partial charge in [0.05, 0.1) is 7.11 Å². The molecule has 0 heterocycles. The van der Waals surface area contributed by atoms with Gasteiger partial charge >= 0.3 is 5.97 Å². The summed E-state index contributed by atoms with van der Waals surface area (Å²) in [7, 11) is 3.22. The lowest BCUT2D eigenvalue weighted by Gasteiger charge is -2.26. The van der Waals surface area contributed by atoms with Crippen LogP contribution in [0.5, 0.6) is 0 Å². The van der Waals surface area contributed by atoms with Gasteiger partial charge in [-0.15, -0.1) is 0 Å². The molecule has 98 valence electrons. The maximum Gasteiger partial charge on any atom is 0.305 e. The number of esters is 1. The Morgan fingerprint density at radius 1 is 1.24 bits per heavy atom. The Balaban J connectivity index is 2.23. The third-order valence-corrected chi connectivity index (χ3v) is 3.43. The van der Waals surface area contributed by atoms with Crippen LogP contribution in [0.4, 0.5) is 0 Å². The first-order valence-electron chi connectivity index (χ1n) is 6.47. The van der Waals surface area contributed by atoms with E-state index < -0.39 is 0 Å². The molecule has 1 rings (SSSR count). The van der Waals surface area contributed by atoms with Crippen molar-refractivity contribution >= 4 is 11.9 Å². The molecular weight excluding hydrogens is 218 g/mol. The van der Waals surface area contributed by atoms with Crippen LogP contribution in [0.1, 0.15) is 44.9 Å². The van der Waals surface area contributed by atoms with Crippen LogP contribution in [0.25, 0.3) is 0 Å². The Labute approximate surface area is 103 Å². The lowest BCUT2D eigenvalue weighted by molar-refractivity contribution is -0.141. The van der Waals surface area contributed by atoms with Crippen LogP contribution in [0, 0.1) is 5.92 Å². The normalized spacial score (nSPS) is 16.6. The molecule has 0 unspecified atom stereocenters. The van der Waals surface area contributed by atoms with Gasteiger partial charge in [-0.3, -0.25) is 9.59 Å². The molecular formula is C13H23NO3. The molecule has 0 radical (unpaired) electrons. The Morgan fingerprint density at radius 3 is 2.47 bits per heavy atom. The lowest BCUT2D eigenvalue weighted by Crippen LogP contribution is -2.34. The maximum absolute atomic E-state index is 12.1. The smallest absolute Gasteiger partial charge is 0.305 e. The van der Waals surface area contributed by atoms with Crippen LogP contribution in [-0.2, 0) is 14.3 Å². The van der Waals surface area contributed by atoms with Crippen molar-refractivity contribution in [1.82, 2.24) is 4.90 Å².